The molecule has 0 atom stereocenters. The maximum Gasteiger partial charge on any atom is 0.264 e. The summed E-state index contributed by atoms with van der Waals surface area (Å²) in [4.78, 5) is 21.6. The average Bonchev–Trinajstić information content (AvgIpc) is 3.26. The molecular formula is C21H17N3O2S2. The van der Waals surface area contributed by atoms with E-state index >= 15 is 0 Å². The van der Waals surface area contributed by atoms with Crippen LogP contribution in [0.1, 0.15) is 16.9 Å². The van der Waals surface area contributed by atoms with Crippen molar-refractivity contribution < 1.29 is 9.21 Å². The third-order valence-corrected chi connectivity index (χ3v) is 5.87. The van der Waals surface area contributed by atoms with Crippen molar-refractivity contribution in [2.75, 3.05) is 0 Å². The topological polar surface area (TPSA) is 67.5 Å². The van der Waals surface area contributed by atoms with Crippen molar-refractivity contribution in [2.24, 2.45) is 4.99 Å². The van der Waals surface area contributed by atoms with Gasteiger partial charge >= 0.3 is 0 Å². The highest BCUT2D eigenvalue weighted by Gasteiger charge is 2.24. The molecule has 5 nitrogen and oxygen atoms in total. The summed E-state index contributed by atoms with van der Waals surface area (Å²) in [6, 6.07) is 15.4. The third kappa shape index (κ3) is 4.37. The van der Waals surface area contributed by atoms with E-state index in [9.17, 15) is 4.79 Å². The summed E-state index contributed by atoms with van der Waals surface area (Å²) in [5.74, 6) is 0.437. The number of nitrogens with one attached hydrogen (secondary N) is 1. The van der Waals surface area contributed by atoms with Gasteiger partial charge in [-0.25, -0.2) is 9.98 Å². The van der Waals surface area contributed by atoms with E-state index in [2.05, 4.69) is 22.2 Å². The van der Waals surface area contributed by atoms with Gasteiger partial charge in [-0.15, -0.1) is 0 Å². The van der Waals surface area contributed by atoms with E-state index in [0.717, 1.165) is 15.8 Å². The molecule has 2 aromatic heterocycles. The number of carbonyl (C=O) groups is 1. The van der Waals surface area contributed by atoms with E-state index in [1.807, 2.05) is 55.5 Å². The van der Waals surface area contributed by atoms with Gasteiger partial charge in [0.05, 0.1) is 10.6 Å². The molecule has 3 aromatic rings. The van der Waals surface area contributed by atoms with Crippen LogP contribution in [0, 0.1) is 13.8 Å². The number of aryl methyl sites for hydroxylation is 2. The van der Waals surface area contributed by atoms with Crippen LogP contribution in [0.3, 0.4) is 0 Å². The van der Waals surface area contributed by atoms with Gasteiger partial charge in [-0.2, -0.15) is 0 Å². The van der Waals surface area contributed by atoms with E-state index in [0.29, 0.717) is 15.8 Å². The van der Waals surface area contributed by atoms with E-state index in [-0.39, 0.29) is 5.91 Å². The van der Waals surface area contributed by atoms with Gasteiger partial charge in [0.2, 0.25) is 0 Å². The fourth-order valence-electron chi connectivity index (χ4n) is 2.50. The molecule has 0 spiro atoms. The third-order valence-electron chi connectivity index (χ3n) is 4.09. The van der Waals surface area contributed by atoms with E-state index in [1.54, 1.807) is 12.3 Å². The van der Waals surface area contributed by atoms with Gasteiger partial charge in [-0.05, 0) is 84.9 Å². The molecule has 28 heavy (non-hydrogen) atoms. The minimum absolute atomic E-state index is 0.178. The standard InChI is InChI=1S/C21H17N3O2S2/c1-13-6-7-15(11-14(13)2)23-21-24-20(25)17(27-21)12-16-8-9-19(26-16)28-18-5-3-4-10-22-18/h3-12H,1-2H3,(H,23,24,25)/b17-12-. The Bertz CT molecular complexity index is 1090. The second-order valence-electron chi connectivity index (χ2n) is 6.18. The number of thioether (sulfide) groups is 1. The molecule has 1 amide bonds. The first kappa shape index (κ1) is 18.6. The molecule has 0 radical (unpaired) electrons. The highest BCUT2D eigenvalue weighted by molar-refractivity contribution is 8.18. The molecule has 0 aliphatic carbocycles. The first-order chi connectivity index (χ1) is 13.6. The van der Waals surface area contributed by atoms with Crippen LogP contribution in [0.5, 0.6) is 0 Å². The first-order valence-electron chi connectivity index (χ1n) is 8.62. The number of aromatic nitrogens is 1. The monoisotopic (exact) mass is 407 g/mol. The molecule has 0 bridgehead atoms. The minimum Gasteiger partial charge on any atom is -0.450 e. The van der Waals surface area contributed by atoms with Crippen molar-refractivity contribution in [3.8, 4) is 0 Å². The molecule has 1 aliphatic rings. The molecule has 1 aliphatic heterocycles. The van der Waals surface area contributed by atoms with Gasteiger partial charge in [0, 0.05) is 12.3 Å². The minimum atomic E-state index is -0.178. The molecular weight excluding hydrogens is 390 g/mol. The zero-order valence-electron chi connectivity index (χ0n) is 15.3. The molecule has 1 N–H and O–H groups in total. The largest absolute Gasteiger partial charge is 0.450 e. The highest BCUT2D eigenvalue weighted by atomic mass is 32.2. The Hall–Kier alpha value is -2.77. The van der Waals surface area contributed by atoms with Crippen LogP contribution in [-0.4, -0.2) is 16.1 Å². The SMILES string of the molecule is Cc1ccc(N=C2NC(=O)/C(=C/c3ccc(Sc4ccccn4)o3)S2)cc1C. The van der Waals surface area contributed by atoms with Gasteiger partial charge in [-0.3, -0.25) is 4.79 Å². The summed E-state index contributed by atoms with van der Waals surface area (Å²) in [5, 5.41) is 4.94. The average molecular weight is 408 g/mol. The van der Waals surface area contributed by atoms with Gasteiger partial charge in [-0.1, -0.05) is 12.1 Å². The second kappa shape index (κ2) is 8.08. The molecule has 3 heterocycles. The second-order valence-corrected chi connectivity index (χ2v) is 8.23. The molecule has 4 rings (SSSR count). The maximum absolute atomic E-state index is 12.3. The van der Waals surface area contributed by atoms with Gasteiger partial charge in [0.25, 0.3) is 5.91 Å². The van der Waals surface area contributed by atoms with Crippen LogP contribution < -0.4 is 5.32 Å². The van der Waals surface area contributed by atoms with Crippen molar-refractivity contribution in [3.05, 3.63) is 76.5 Å². The van der Waals surface area contributed by atoms with Crippen LogP contribution in [0.15, 0.2) is 79.2 Å². The number of amides is 1. The molecule has 140 valence electrons. The number of rotatable bonds is 4. The number of nitrogens with zero attached hydrogens (tertiary/aromatic N) is 2. The first-order valence-corrected chi connectivity index (χ1v) is 10.3. The number of hydrogen-bond donors (Lipinski definition) is 1. The number of hydrogen-bond acceptors (Lipinski definition) is 6. The summed E-state index contributed by atoms with van der Waals surface area (Å²) < 4.78 is 5.79. The number of furan rings is 1. The fraction of sp³-hybridized carbons (Fsp3) is 0.0952. The Kier molecular flexibility index (Phi) is 5.36. The van der Waals surface area contributed by atoms with Crippen LogP contribution in [0.2, 0.25) is 0 Å². The Morgan fingerprint density at radius 2 is 2.04 bits per heavy atom. The highest BCUT2D eigenvalue weighted by Crippen LogP contribution is 2.31. The Balaban J connectivity index is 1.49. The normalized spacial score (nSPS) is 16.7. The van der Waals surface area contributed by atoms with Crippen LogP contribution in [0.25, 0.3) is 6.08 Å². The number of aliphatic imine (C=N–C) groups is 1. The molecule has 0 unspecified atom stereocenters. The van der Waals surface area contributed by atoms with E-state index < -0.39 is 0 Å². The molecule has 1 aromatic carbocycles. The van der Waals surface area contributed by atoms with Crippen LogP contribution in [0.4, 0.5) is 5.69 Å². The quantitative estimate of drug-likeness (QED) is 0.592. The predicted molar refractivity (Wildman–Crippen MR) is 114 cm³/mol. The summed E-state index contributed by atoms with van der Waals surface area (Å²) in [6.45, 7) is 4.10. The number of pyridine rings is 1. The van der Waals surface area contributed by atoms with Crippen molar-refractivity contribution in [1.29, 1.82) is 0 Å². The Morgan fingerprint density at radius 3 is 2.82 bits per heavy atom. The summed E-state index contributed by atoms with van der Waals surface area (Å²) in [6.07, 6.45) is 3.47. The summed E-state index contributed by atoms with van der Waals surface area (Å²) in [7, 11) is 0. The smallest absolute Gasteiger partial charge is 0.264 e. The molecule has 1 fully saturated rings. The maximum atomic E-state index is 12.3. The predicted octanol–water partition coefficient (Wildman–Crippen LogP) is 5.33. The lowest BCUT2D eigenvalue weighted by atomic mass is 10.1. The molecule has 1 saturated heterocycles. The van der Waals surface area contributed by atoms with Gasteiger partial charge < -0.3 is 9.73 Å². The van der Waals surface area contributed by atoms with Crippen molar-refractivity contribution in [3.63, 3.8) is 0 Å². The van der Waals surface area contributed by atoms with Crippen LogP contribution in [-0.2, 0) is 4.79 Å². The molecule has 7 heteroatoms. The Morgan fingerprint density at radius 1 is 1.14 bits per heavy atom. The molecule has 0 saturated carbocycles. The van der Waals surface area contributed by atoms with Crippen LogP contribution >= 0.6 is 23.5 Å². The summed E-state index contributed by atoms with van der Waals surface area (Å²) >= 11 is 2.74. The number of carbonyl (C=O) groups excluding carboxylic acids is 1. The van der Waals surface area contributed by atoms with Gasteiger partial charge in [0.15, 0.2) is 10.3 Å². The lowest BCUT2D eigenvalue weighted by Crippen LogP contribution is -2.19. The van der Waals surface area contributed by atoms with Crippen molar-refractivity contribution >= 4 is 46.4 Å². The van der Waals surface area contributed by atoms with Crippen molar-refractivity contribution in [1.82, 2.24) is 10.3 Å². The number of benzene rings is 1. The Labute approximate surface area is 171 Å². The lowest BCUT2D eigenvalue weighted by molar-refractivity contribution is -0.115. The zero-order chi connectivity index (χ0) is 19.5. The zero-order valence-corrected chi connectivity index (χ0v) is 16.9. The summed E-state index contributed by atoms with van der Waals surface area (Å²) in [5.41, 5.74) is 3.20. The van der Waals surface area contributed by atoms with E-state index in [1.165, 1.54) is 34.7 Å². The fourth-order valence-corrected chi connectivity index (χ4v) is 4.06. The van der Waals surface area contributed by atoms with Gasteiger partial charge in [0.1, 0.15) is 10.8 Å². The van der Waals surface area contributed by atoms with Crippen molar-refractivity contribution in [2.45, 2.75) is 24.0 Å². The lowest BCUT2D eigenvalue weighted by Gasteiger charge is -2.01. The number of amidine groups is 1. The van der Waals surface area contributed by atoms with E-state index in [4.69, 9.17) is 4.42 Å².